The minimum atomic E-state index is -3.86. The highest BCUT2D eigenvalue weighted by Gasteiger charge is 2.35. The molecule has 0 aromatic heterocycles. The molecular formula is C12H17N3O4S2. The highest BCUT2D eigenvalue weighted by atomic mass is 32.2. The van der Waals surface area contributed by atoms with Crippen LogP contribution in [0.3, 0.4) is 0 Å². The molecule has 0 aliphatic carbocycles. The highest BCUT2D eigenvalue weighted by Crippen LogP contribution is 2.34. The molecule has 2 rings (SSSR count). The third-order valence-electron chi connectivity index (χ3n) is 3.27. The van der Waals surface area contributed by atoms with E-state index in [0.29, 0.717) is 18.8 Å². The van der Waals surface area contributed by atoms with Crippen molar-refractivity contribution in [2.75, 3.05) is 31.2 Å². The number of nitrogens with zero attached hydrogens (tertiary/aromatic N) is 2. The maximum atomic E-state index is 12.7. The van der Waals surface area contributed by atoms with Gasteiger partial charge in [0.05, 0.1) is 4.92 Å². The van der Waals surface area contributed by atoms with E-state index in [4.69, 9.17) is 0 Å². The Hall–Kier alpha value is -1.32. The van der Waals surface area contributed by atoms with Crippen LogP contribution in [-0.4, -0.2) is 48.8 Å². The minimum Gasteiger partial charge on any atom is -0.383 e. The molecule has 1 atom stereocenters. The third kappa shape index (κ3) is 3.14. The van der Waals surface area contributed by atoms with Gasteiger partial charge < -0.3 is 5.32 Å². The fraction of sp³-hybridized carbons (Fsp3) is 0.500. The lowest BCUT2D eigenvalue weighted by Gasteiger charge is -2.29. The molecule has 1 aliphatic heterocycles. The number of nitrogens with one attached hydrogen (secondary N) is 1. The van der Waals surface area contributed by atoms with Gasteiger partial charge in [0.2, 0.25) is 10.0 Å². The van der Waals surface area contributed by atoms with E-state index in [1.807, 2.05) is 6.92 Å². The SMILES string of the molecule is CNc1cccc(S(=O)(=O)N2CCSC(C)C2)c1[N+](=O)[O-]. The van der Waals surface area contributed by atoms with Crippen molar-refractivity contribution in [1.29, 1.82) is 0 Å². The van der Waals surface area contributed by atoms with Crippen LogP contribution in [0.1, 0.15) is 6.92 Å². The predicted molar refractivity (Wildman–Crippen MR) is 83.3 cm³/mol. The number of benzene rings is 1. The fourth-order valence-electron chi connectivity index (χ4n) is 2.26. The zero-order chi connectivity index (χ0) is 15.6. The lowest BCUT2D eigenvalue weighted by Crippen LogP contribution is -2.41. The first-order valence-electron chi connectivity index (χ1n) is 6.45. The number of thioether (sulfide) groups is 1. The summed E-state index contributed by atoms with van der Waals surface area (Å²) in [7, 11) is -2.34. The molecule has 1 heterocycles. The van der Waals surface area contributed by atoms with Crippen molar-refractivity contribution in [3.05, 3.63) is 28.3 Å². The Morgan fingerprint density at radius 3 is 2.76 bits per heavy atom. The molecule has 9 heteroatoms. The van der Waals surface area contributed by atoms with Gasteiger partial charge in [-0.1, -0.05) is 13.0 Å². The molecule has 0 bridgehead atoms. The van der Waals surface area contributed by atoms with Crippen LogP contribution in [0.4, 0.5) is 11.4 Å². The van der Waals surface area contributed by atoms with Crippen molar-refractivity contribution in [3.63, 3.8) is 0 Å². The summed E-state index contributed by atoms with van der Waals surface area (Å²) in [5.41, 5.74) is -0.202. The van der Waals surface area contributed by atoms with E-state index in [0.717, 1.165) is 0 Å². The second-order valence-corrected chi connectivity index (χ2v) is 8.16. The van der Waals surface area contributed by atoms with Crippen molar-refractivity contribution in [1.82, 2.24) is 4.31 Å². The molecule has 0 saturated carbocycles. The standard InChI is InChI=1S/C12H17N3O4S2/c1-9-8-14(6-7-20-9)21(18,19)11-5-3-4-10(13-2)12(11)15(16)17/h3-5,9,13H,6-8H2,1-2H3. The van der Waals surface area contributed by atoms with Crippen molar-refractivity contribution in [2.24, 2.45) is 0 Å². The fourth-order valence-corrected chi connectivity index (χ4v) is 5.20. The molecule has 7 nitrogen and oxygen atoms in total. The second-order valence-electron chi connectivity index (χ2n) is 4.70. The van der Waals surface area contributed by atoms with Gasteiger partial charge in [0.25, 0.3) is 0 Å². The maximum absolute atomic E-state index is 12.7. The normalized spacial score (nSPS) is 20.2. The summed E-state index contributed by atoms with van der Waals surface area (Å²) >= 11 is 1.70. The Kier molecular flexibility index (Phi) is 4.74. The summed E-state index contributed by atoms with van der Waals surface area (Å²) in [4.78, 5) is 10.4. The van der Waals surface area contributed by atoms with Crippen LogP contribution in [-0.2, 0) is 10.0 Å². The third-order valence-corrected chi connectivity index (χ3v) is 6.31. The Bertz CT molecular complexity index is 648. The van der Waals surface area contributed by atoms with E-state index < -0.39 is 20.6 Å². The molecule has 0 radical (unpaired) electrons. The molecular weight excluding hydrogens is 314 g/mol. The first-order chi connectivity index (χ1) is 9.87. The van der Waals surface area contributed by atoms with Crippen molar-refractivity contribution >= 4 is 33.2 Å². The lowest BCUT2D eigenvalue weighted by atomic mass is 10.3. The Morgan fingerprint density at radius 2 is 2.19 bits per heavy atom. The van der Waals surface area contributed by atoms with Gasteiger partial charge in [0.1, 0.15) is 5.69 Å². The zero-order valence-corrected chi connectivity index (χ0v) is 13.4. The molecule has 0 amide bonds. The molecule has 1 saturated heterocycles. The van der Waals surface area contributed by atoms with Gasteiger partial charge >= 0.3 is 5.69 Å². The smallest absolute Gasteiger partial charge is 0.312 e. The minimum absolute atomic E-state index is 0.181. The predicted octanol–water partition coefficient (Wildman–Crippen LogP) is 1.76. The Morgan fingerprint density at radius 1 is 1.48 bits per heavy atom. The number of hydrogen-bond acceptors (Lipinski definition) is 6. The number of sulfonamides is 1. The monoisotopic (exact) mass is 331 g/mol. The van der Waals surface area contributed by atoms with E-state index >= 15 is 0 Å². The van der Waals surface area contributed by atoms with Crippen LogP contribution in [0.25, 0.3) is 0 Å². The lowest BCUT2D eigenvalue weighted by molar-refractivity contribution is -0.386. The van der Waals surface area contributed by atoms with Gasteiger partial charge in [-0.15, -0.1) is 0 Å². The van der Waals surface area contributed by atoms with Gasteiger partial charge in [-0.3, -0.25) is 10.1 Å². The number of hydrogen-bond donors (Lipinski definition) is 1. The molecule has 116 valence electrons. The summed E-state index contributed by atoms with van der Waals surface area (Å²) in [6, 6.07) is 4.29. The summed E-state index contributed by atoms with van der Waals surface area (Å²) in [6.45, 7) is 2.69. The van der Waals surface area contributed by atoms with Gasteiger partial charge in [0, 0.05) is 31.1 Å². The van der Waals surface area contributed by atoms with E-state index in [-0.39, 0.29) is 15.8 Å². The van der Waals surface area contributed by atoms with E-state index in [9.17, 15) is 18.5 Å². The van der Waals surface area contributed by atoms with Crippen molar-refractivity contribution < 1.29 is 13.3 Å². The molecule has 1 N–H and O–H groups in total. The van der Waals surface area contributed by atoms with Crippen LogP contribution in [0, 0.1) is 10.1 Å². The summed E-state index contributed by atoms with van der Waals surface area (Å²) in [5, 5.41) is 14.1. The van der Waals surface area contributed by atoms with Gasteiger partial charge in [-0.2, -0.15) is 16.1 Å². The van der Waals surface area contributed by atoms with E-state index in [1.54, 1.807) is 11.8 Å². The number of nitro benzene ring substituents is 1. The molecule has 1 unspecified atom stereocenters. The van der Waals surface area contributed by atoms with Gasteiger partial charge in [0.15, 0.2) is 4.90 Å². The molecule has 1 aliphatic rings. The van der Waals surface area contributed by atoms with Crippen molar-refractivity contribution in [2.45, 2.75) is 17.1 Å². The largest absolute Gasteiger partial charge is 0.383 e. The van der Waals surface area contributed by atoms with Crippen LogP contribution in [0.5, 0.6) is 0 Å². The average molecular weight is 331 g/mol. The first kappa shape index (κ1) is 16.1. The maximum Gasteiger partial charge on any atom is 0.312 e. The van der Waals surface area contributed by atoms with Crippen LogP contribution in [0.2, 0.25) is 0 Å². The Balaban J connectivity index is 2.52. The molecule has 21 heavy (non-hydrogen) atoms. The first-order valence-corrected chi connectivity index (χ1v) is 8.93. The number of nitro groups is 1. The van der Waals surface area contributed by atoms with Crippen molar-refractivity contribution in [3.8, 4) is 0 Å². The average Bonchev–Trinajstić information content (AvgIpc) is 2.46. The quantitative estimate of drug-likeness (QED) is 0.667. The second kappa shape index (κ2) is 6.20. The zero-order valence-electron chi connectivity index (χ0n) is 11.8. The van der Waals surface area contributed by atoms with Crippen LogP contribution >= 0.6 is 11.8 Å². The van der Waals surface area contributed by atoms with Gasteiger partial charge in [-0.05, 0) is 12.1 Å². The topological polar surface area (TPSA) is 92.6 Å². The Labute approximate surface area is 127 Å². The molecule has 1 aromatic carbocycles. The summed E-state index contributed by atoms with van der Waals surface area (Å²) in [6.07, 6.45) is 0. The highest BCUT2D eigenvalue weighted by molar-refractivity contribution is 8.00. The van der Waals surface area contributed by atoms with Crippen LogP contribution in [0.15, 0.2) is 23.1 Å². The molecule has 1 aromatic rings. The number of anilines is 1. The van der Waals surface area contributed by atoms with E-state index in [2.05, 4.69) is 5.32 Å². The summed E-state index contributed by atoms with van der Waals surface area (Å²) in [5.74, 6) is 0.694. The molecule has 0 spiro atoms. The summed E-state index contributed by atoms with van der Waals surface area (Å²) < 4.78 is 26.8. The molecule has 1 fully saturated rings. The number of rotatable bonds is 4. The number of para-hydroxylation sites is 1. The van der Waals surface area contributed by atoms with Gasteiger partial charge in [-0.25, -0.2) is 8.42 Å². The van der Waals surface area contributed by atoms with E-state index in [1.165, 1.54) is 29.6 Å². The van der Waals surface area contributed by atoms with Crippen LogP contribution < -0.4 is 5.32 Å².